The fraction of sp³-hybridized carbons (Fsp3) is 0.0476. The lowest BCUT2D eigenvalue weighted by atomic mass is 10.2. The number of carbonyl (C=O) groups is 1. The highest BCUT2D eigenvalue weighted by atomic mass is 79.9. The van der Waals surface area contributed by atoms with Crippen LogP contribution < -0.4 is 10.2 Å². The topological polar surface area (TPSA) is 70.9 Å². The molecule has 0 radical (unpaired) electrons. The van der Waals surface area contributed by atoms with Crippen molar-refractivity contribution in [2.75, 3.05) is 0 Å². The summed E-state index contributed by atoms with van der Waals surface area (Å²) in [4.78, 5) is 12.2. The number of halogens is 2. The van der Waals surface area contributed by atoms with Crippen LogP contribution in [0, 0.1) is 0 Å². The standard InChI is InChI=1S/C21H16Br2N2O3/c22-18-10-15(11-19(23)20(18)26)12-24-25-21(27)16-6-8-17(9-7-16)28-13-14-4-2-1-3-5-14/h1-12,26H,13H2,(H,25,27)/b24-12+. The van der Waals surface area contributed by atoms with Crippen LogP contribution in [0.2, 0.25) is 0 Å². The first-order chi connectivity index (χ1) is 13.5. The van der Waals surface area contributed by atoms with Crippen molar-refractivity contribution in [3.05, 3.63) is 92.4 Å². The zero-order chi connectivity index (χ0) is 19.9. The van der Waals surface area contributed by atoms with E-state index in [2.05, 4.69) is 42.4 Å². The van der Waals surface area contributed by atoms with Crippen LogP contribution in [0.25, 0.3) is 0 Å². The van der Waals surface area contributed by atoms with Gasteiger partial charge in [0.05, 0.1) is 15.2 Å². The number of hydrogen-bond donors (Lipinski definition) is 2. The van der Waals surface area contributed by atoms with Crippen LogP contribution >= 0.6 is 31.9 Å². The highest BCUT2D eigenvalue weighted by Gasteiger charge is 2.06. The summed E-state index contributed by atoms with van der Waals surface area (Å²) in [5, 5.41) is 13.6. The number of hydrazone groups is 1. The summed E-state index contributed by atoms with van der Waals surface area (Å²) in [7, 11) is 0. The Morgan fingerprint density at radius 2 is 1.68 bits per heavy atom. The van der Waals surface area contributed by atoms with Gasteiger partial charge in [0, 0.05) is 5.56 Å². The van der Waals surface area contributed by atoms with Gasteiger partial charge in [-0.05, 0) is 79.4 Å². The minimum absolute atomic E-state index is 0.107. The molecule has 0 bridgehead atoms. The molecule has 0 unspecified atom stereocenters. The van der Waals surface area contributed by atoms with Gasteiger partial charge < -0.3 is 9.84 Å². The summed E-state index contributed by atoms with van der Waals surface area (Å²) in [6.45, 7) is 0.467. The monoisotopic (exact) mass is 502 g/mol. The van der Waals surface area contributed by atoms with E-state index in [-0.39, 0.29) is 11.7 Å². The summed E-state index contributed by atoms with van der Waals surface area (Å²) in [5.41, 5.74) is 4.73. The molecule has 3 aromatic carbocycles. The number of rotatable bonds is 6. The van der Waals surface area contributed by atoms with Crippen molar-refractivity contribution in [1.82, 2.24) is 5.43 Å². The minimum atomic E-state index is -0.331. The number of phenols is 1. The van der Waals surface area contributed by atoms with Gasteiger partial charge in [-0.1, -0.05) is 30.3 Å². The molecular weight excluding hydrogens is 488 g/mol. The van der Waals surface area contributed by atoms with E-state index in [1.165, 1.54) is 6.21 Å². The molecule has 1 amide bonds. The number of phenolic OH excluding ortho intramolecular Hbond substituents is 1. The molecule has 0 spiro atoms. The summed E-state index contributed by atoms with van der Waals surface area (Å²) < 4.78 is 6.76. The largest absolute Gasteiger partial charge is 0.506 e. The van der Waals surface area contributed by atoms with E-state index in [0.29, 0.717) is 32.4 Å². The molecule has 0 fully saturated rings. The van der Waals surface area contributed by atoms with Crippen LogP contribution in [-0.2, 0) is 6.61 Å². The number of hydrogen-bond acceptors (Lipinski definition) is 4. The van der Waals surface area contributed by atoms with E-state index in [1.54, 1.807) is 36.4 Å². The molecule has 0 atom stereocenters. The van der Waals surface area contributed by atoms with Gasteiger partial charge in [-0.25, -0.2) is 5.43 Å². The lowest BCUT2D eigenvalue weighted by Gasteiger charge is -2.07. The molecule has 0 aliphatic heterocycles. The Bertz CT molecular complexity index is 967. The summed E-state index contributed by atoms with van der Waals surface area (Å²) in [6, 6.07) is 20.1. The maximum Gasteiger partial charge on any atom is 0.271 e. The van der Waals surface area contributed by atoms with Gasteiger partial charge in [0.15, 0.2) is 0 Å². The second-order valence-electron chi connectivity index (χ2n) is 5.83. The molecule has 0 saturated heterocycles. The third kappa shape index (κ3) is 5.43. The van der Waals surface area contributed by atoms with Crippen LogP contribution in [0.4, 0.5) is 0 Å². The molecule has 142 valence electrons. The third-order valence-electron chi connectivity index (χ3n) is 3.78. The molecule has 0 saturated carbocycles. The molecule has 3 rings (SSSR count). The zero-order valence-corrected chi connectivity index (χ0v) is 17.8. The second-order valence-corrected chi connectivity index (χ2v) is 7.54. The molecule has 0 heterocycles. The highest BCUT2D eigenvalue weighted by molar-refractivity contribution is 9.11. The Morgan fingerprint density at radius 1 is 1.04 bits per heavy atom. The zero-order valence-electron chi connectivity index (χ0n) is 14.6. The number of nitrogens with zero attached hydrogens (tertiary/aromatic N) is 1. The minimum Gasteiger partial charge on any atom is -0.506 e. The first-order valence-corrected chi connectivity index (χ1v) is 9.90. The fourth-order valence-corrected chi connectivity index (χ4v) is 3.55. The van der Waals surface area contributed by atoms with Gasteiger partial charge in [-0.3, -0.25) is 4.79 Å². The molecule has 0 aromatic heterocycles. The number of amides is 1. The van der Waals surface area contributed by atoms with Gasteiger partial charge in [0.2, 0.25) is 0 Å². The Balaban J connectivity index is 1.56. The Kier molecular flexibility index (Phi) is 6.84. The normalized spacial score (nSPS) is 10.8. The summed E-state index contributed by atoms with van der Waals surface area (Å²) >= 11 is 6.50. The predicted molar refractivity (Wildman–Crippen MR) is 116 cm³/mol. The second kappa shape index (κ2) is 9.52. The van der Waals surface area contributed by atoms with Crippen LogP contribution in [0.3, 0.4) is 0 Å². The van der Waals surface area contributed by atoms with Crippen LogP contribution in [-0.4, -0.2) is 17.2 Å². The van der Waals surface area contributed by atoms with E-state index in [1.807, 2.05) is 30.3 Å². The molecule has 0 aliphatic carbocycles. The first kappa shape index (κ1) is 20.1. The van der Waals surface area contributed by atoms with Gasteiger partial charge in [0.1, 0.15) is 18.1 Å². The number of nitrogens with one attached hydrogen (secondary N) is 1. The summed E-state index contributed by atoms with van der Waals surface area (Å²) in [6.07, 6.45) is 1.49. The molecular formula is C21H16Br2N2O3. The molecule has 3 aromatic rings. The van der Waals surface area contributed by atoms with E-state index < -0.39 is 0 Å². The van der Waals surface area contributed by atoms with Gasteiger partial charge >= 0.3 is 0 Å². The number of benzene rings is 3. The van der Waals surface area contributed by atoms with Crippen molar-refractivity contribution in [2.45, 2.75) is 6.61 Å². The van der Waals surface area contributed by atoms with Crippen LogP contribution in [0.15, 0.2) is 80.8 Å². The van der Waals surface area contributed by atoms with E-state index >= 15 is 0 Å². The SMILES string of the molecule is O=C(N/N=C/c1cc(Br)c(O)c(Br)c1)c1ccc(OCc2ccccc2)cc1. The first-order valence-electron chi connectivity index (χ1n) is 8.31. The quantitative estimate of drug-likeness (QED) is 0.356. The van der Waals surface area contributed by atoms with E-state index in [4.69, 9.17) is 4.74 Å². The third-order valence-corrected chi connectivity index (χ3v) is 4.99. The van der Waals surface area contributed by atoms with E-state index in [0.717, 1.165) is 5.56 Å². The number of ether oxygens (including phenoxy) is 1. The maximum atomic E-state index is 12.2. The van der Waals surface area contributed by atoms with Crippen molar-refractivity contribution in [3.8, 4) is 11.5 Å². The van der Waals surface area contributed by atoms with Crippen molar-refractivity contribution in [2.24, 2.45) is 5.10 Å². The Morgan fingerprint density at radius 3 is 2.32 bits per heavy atom. The van der Waals surface area contributed by atoms with Crippen molar-refractivity contribution >= 4 is 44.0 Å². The van der Waals surface area contributed by atoms with Gasteiger partial charge in [0.25, 0.3) is 5.91 Å². The van der Waals surface area contributed by atoms with Crippen molar-refractivity contribution in [3.63, 3.8) is 0 Å². The molecule has 7 heteroatoms. The summed E-state index contributed by atoms with van der Waals surface area (Å²) in [5.74, 6) is 0.459. The molecule has 5 nitrogen and oxygen atoms in total. The van der Waals surface area contributed by atoms with E-state index in [9.17, 15) is 9.90 Å². The molecule has 2 N–H and O–H groups in total. The molecule has 28 heavy (non-hydrogen) atoms. The average Bonchev–Trinajstić information content (AvgIpc) is 2.71. The van der Waals surface area contributed by atoms with Crippen molar-refractivity contribution in [1.29, 1.82) is 0 Å². The lowest BCUT2D eigenvalue weighted by Crippen LogP contribution is -2.17. The van der Waals surface area contributed by atoms with Gasteiger partial charge in [-0.15, -0.1) is 0 Å². The lowest BCUT2D eigenvalue weighted by molar-refractivity contribution is 0.0955. The van der Waals surface area contributed by atoms with Crippen molar-refractivity contribution < 1.29 is 14.6 Å². The average molecular weight is 504 g/mol. The van der Waals surface area contributed by atoms with Gasteiger partial charge in [-0.2, -0.15) is 5.10 Å². The molecule has 0 aliphatic rings. The fourth-order valence-electron chi connectivity index (χ4n) is 2.33. The Labute approximate surface area is 179 Å². The van der Waals surface area contributed by atoms with Crippen LogP contribution in [0.5, 0.6) is 11.5 Å². The smallest absolute Gasteiger partial charge is 0.271 e. The number of aromatic hydroxyl groups is 1. The predicted octanol–water partition coefficient (Wildman–Crippen LogP) is 5.26. The Hall–Kier alpha value is -2.64. The highest BCUT2D eigenvalue weighted by Crippen LogP contribution is 2.32. The van der Waals surface area contributed by atoms with Crippen LogP contribution in [0.1, 0.15) is 21.5 Å². The number of carbonyl (C=O) groups excluding carboxylic acids is 1. The maximum absolute atomic E-state index is 12.2.